The van der Waals surface area contributed by atoms with Crippen LogP contribution in [0.25, 0.3) is 0 Å². The number of rotatable bonds is 7. The van der Waals surface area contributed by atoms with Gasteiger partial charge in [0.1, 0.15) is 0 Å². The van der Waals surface area contributed by atoms with Crippen LogP contribution in [0.5, 0.6) is 0 Å². The fourth-order valence-corrected chi connectivity index (χ4v) is 2.63. The molecule has 19 heavy (non-hydrogen) atoms. The van der Waals surface area contributed by atoms with E-state index >= 15 is 0 Å². The zero-order valence-corrected chi connectivity index (χ0v) is 12.7. The fraction of sp³-hybridized carbons (Fsp3) is 0.933. The minimum Gasteiger partial charge on any atom is -0.481 e. The van der Waals surface area contributed by atoms with Crippen molar-refractivity contribution in [3.63, 3.8) is 0 Å². The van der Waals surface area contributed by atoms with E-state index in [0.29, 0.717) is 30.5 Å². The lowest BCUT2D eigenvalue weighted by Gasteiger charge is -2.33. The first kappa shape index (κ1) is 16.4. The molecule has 1 rings (SSSR count). The van der Waals surface area contributed by atoms with Crippen LogP contribution in [0.4, 0.5) is 0 Å². The summed E-state index contributed by atoms with van der Waals surface area (Å²) in [7, 11) is 0. The Morgan fingerprint density at radius 1 is 1.37 bits per heavy atom. The Hall–Kier alpha value is -0.610. The van der Waals surface area contributed by atoms with Gasteiger partial charge < -0.3 is 15.2 Å². The molecule has 112 valence electrons. The summed E-state index contributed by atoms with van der Waals surface area (Å²) in [4.78, 5) is 11.2. The largest absolute Gasteiger partial charge is 0.481 e. The summed E-state index contributed by atoms with van der Waals surface area (Å²) in [5.74, 6) is -0.0226. The predicted molar refractivity (Wildman–Crippen MR) is 76.2 cm³/mol. The molecule has 0 amide bonds. The second-order valence-corrected chi connectivity index (χ2v) is 6.45. The highest BCUT2D eigenvalue weighted by Crippen LogP contribution is 2.20. The first-order valence-corrected chi connectivity index (χ1v) is 7.48. The van der Waals surface area contributed by atoms with Crippen molar-refractivity contribution in [2.45, 2.75) is 59.1 Å². The van der Waals surface area contributed by atoms with Gasteiger partial charge in [-0.05, 0) is 31.1 Å². The van der Waals surface area contributed by atoms with Gasteiger partial charge in [-0.1, -0.05) is 27.7 Å². The van der Waals surface area contributed by atoms with E-state index in [9.17, 15) is 9.90 Å². The van der Waals surface area contributed by atoms with Gasteiger partial charge in [-0.2, -0.15) is 0 Å². The molecule has 1 saturated heterocycles. The van der Waals surface area contributed by atoms with Gasteiger partial charge in [0.15, 0.2) is 0 Å². The van der Waals surface area contributed by atoms with E-state index in [0.717, 1.165) is 25.9 Å². The molecular weight excluding hydrogens is 242 g/mol. The summed E-state index contributed by atoms with van der Waals surface area (Å²) in [5.41, 5.74) is 0. The number of hydrogen-bond donors (Lipinski definition) is 2. The minimum absolute atomic E-state index is 0.277. The zero-order chi connectivity index (χ0) is 14.4. The number of ether oxygens (including phenoxy) is 1. The Labute approximate surface area is 116 Å². The van der Waals surface area contributed by atoms with Gasteiger partial charge in [0.05, 0.1) is 12.0 Å². The highest BCUT2D eigenvalue weighted by atomic mass is 16.5. The van der Waals surface area contributed by atoms with Crippen LogP contribution in [-0.2, 0) is 9.53 Å². The summed E-state index contributed by atoms with van der Waals surface area (Å²) in [6.07, 6.45) is 3.02. The van der Waals surface area contributed by atoms with Gasteiger partial charge in [0.25, 0.3) is 0 Å². The Kier molecular flexibility index (Phi) is 6.80. The van der Waals surface area contributed by atoms with Crippen molar-refractivity contribution in [3.8, 4) is 0 Å². The third-order valence-corrected chi connectivity index (χ3v) is 3.82. The van der Waals surface area contributed by atoms with Crippen molar-refractivity contribution in [3.05, 3.63) is 0 Å². The molecule has 4 nitrogen and oxygen atoms in total. The molecule has 1 aliphatic heterocycles. The molecule has 0 aliphatic carbocycles. The van der Waals surface area contributed by atoms with Gasteiger partial charge in [-0.15, -0.1) is 0 Å². The molecule has 1 heterocycles. The molecule has 0 aromatic carbocycles. The van der Waals surface area contributed by atoms with Crippen molar-refractivity contribution >= 4 is 5.97 Å². The first-order valence-electron chi connectivity index (χ1n) is 7.48. The van der Waals surface area contributed by atoms with E-state index in [1.54, 1.807) is 0 Å². The average molecular weight is 271 g/mol. The van der Waals surface area contributed by atoms with Crippen LogP contribution in [0.2, 0.25) is 0 Å². The quantitative estimate of drug-likeness (QED) is 0.747. The van der Waals surface area contributed by atoms with Crippen molar-refractivity contribution in [2.24, 2.45) is 17.8 Å². The highest BCUT2D eigenvalue weighted by Gasteiger charge is 2.26. The van der Waals surface area contributed by atoms with E-state index in [-0.39, 0.29) is 5.92 Å². The van der Waals surface area contributed by atoms with Crippen molar-refractivity contribution in [1.29, 1.82) is 0 Å². The van der Waals surface area contributed by atoms with Crippen molar-refractivity contribution < 1.29 is 14.6 Å². The van der Waals surface area contributed by atoms with Gasteiger partial charge in [0.2, 0.25) is 0 Å². The molecule has 4 heteroatoms. The number of aliphatic carboxylic acids is 1. The topological polar surface area (TPSA) is 58.6 Å². The Morgan fingerprint density at radius 3 is 2.58 bits per heavy atom. The SMILES string of the molecule is CC(C)CC(CNC1CCOC(C(C)C)C1)C(=O)O. The third kappa shape index (κ3) is 5.91. The molecule has 0 aromatic rings. The van der Waals surface area contributed by atoms with Crippen LogP contribution >= 0.6 is 0 Å². The van der Waals surface area contributed by atoms with Crippen molar-refractivity contribution in [1.82, 2.24) is 5.32 Å². The number of carboxylic acids is 1. The lowest BCUT2D eigenvalue weighted by atomic mass is 9.93. The monoisotopic (exact) mass is 271 g/mol. The van der Waals surface area contributed by atoms with E-state index in [1.165, 1.54) is 0 Å². The molecule has 0 spiro atoms. The number of carbonyl (C=O) groups is 1. The van der Waals surface area contributed by atoms with Gasteiger partial charge in [-0.3, -0.25) is 4.79 Å². The minimum atomic E-state index is -0.686. The van der Waals surface area contributed by atoms with Crippen LogP contribution in [0.15, 0.2) is 0 Å². The molecular formula is C15H29NO3. The second kappa shape index (κ2) is 7.85. The molecule has 3 unspecified atom stereocenters. The molecule has 3 atom stereocenters. The van der Waals surface area contributed by atoms with E-state index in [1.807, 2.05) is 0 Å². The molecule has 0 radical (unpaired) electrons. The van der Waals surface area contributed by atoms with Crippen LogP contribution in [-0.4, -0.2) is 36.4 Å². The second-order valence-electron chi connectivity index (χ2n) is 6.45. The molecule has 0 aromatic heterocycles. The van der Waals surface area contributed by atoms with Gasteiger partial charge in [-0.25, -0.2) is 0 Å². The van der Waals surface area contributed by atoms with E-state index in [4.69, 9.17) is 4.74 Å². The van der Waals surface area contributed by atoms with E-state index < -0.39 is 5.97 Å². The summed E-state index contributed by atoms with van der Waals surface area (Å²) in [6.45, 7) is 9.83. The Balaban J connectivity index is 2.39. The highest BCUT2D eigenvalue weighted by molar-refractivity contribution is 5.70. The Bertz CT molecular complexity index is 279. The molecule has 0 saturated carbocycles. The van der Waals surface area contributed by atoms with Crippen LogP contribution in [0, 0.1) is 17.8 Å². The van der Waals surface area contributed by atoms with Gasteiger partial charge in [0, 0.05) is 19.2 Å². The standard InChI is InChI=1S/C15H29NO3/c1-10(2)7-12(15(17)18)9-16-13-5-6-19-14(8-13)11(3)4/h10-14,16H,5-9H2,1-4H3,(H,17,18). The molecule has 1 aliphatic rings. The number of carboxylic acid groups (broad SMARTS) is 1. The summed E-state index contributed by atoms with van der Waals surface area (Å²) >= 11 is 0. The first-order chi connectivity index (χ1) is 8.90. The molecule has 0 bridgehead atoms. The fourth-order valence-electron chi connectivity index (χ4n) is 2.63. The van der Waals surface area contributed by atoms with Crippen molar-refractivity contribution in [2.75, 3.05) is 13.2 Å². The summed E-state index contributed by atoms with van der Waals surface area (Å²) in [5, 5.41) is 12.7. The van der Waals surface area contributed by atoms with Gasteiger partial charge >= 0.3 is 5.97 Å². The average Bonchev–Trinajstić information content (AvgIpc) is 2.34. The number of nitrogens with one attached hydrogen (secondary N) is 1. The lowest BCUT2D eigenvalue weighted by molar-refractivity contribution is -0.142. The smallest absolute Gasteiger partial charge is 0.307 e. The maximum atomic E-state index is 11.2. The number of hydrogen-bond acceptors (Lipinski definition) is 3. The molecule has 1 fully saturated rings. The third-order valence-electron chi connectivity index (χ3n) is 3.82. The normalized spacial score (nSPS) is 25.8. The predicted octanol–water partition coefficient (Wildman–Crippen LogP) is 2.53. The van der Waals surface area contributed by atoms with Crippen LogP contribution < -0.4 is 5.32 Å². The maximum Gasteiger partial charge on any atom is 0.307 e. The zero-order valence-electron chi connectivity index (χ0n) is 12.7. The Morgan fingerprint density at radius 2 is 2.05 bits per heavy atom. The van der Waals surface area contributed by atoms with Crippen LogP contribution in [0.3, 0.4) is 0 Å². The molecule has 2 N–H and O–H groups in total. The van der Waals surface area contributed by atoms with E-state index in [2.05, 4.69) is 33.0 Å². The summed E-state index contributed by atoms with van der Waals surface area (Å²) in [6, 6.07) is 0.398. The van der Waals surface area contributed by atoms with Crippen LogP contribution in [0.1, 0.15) is 47.0 Å². The lowest BCUT2D eigenvalue weighted by Crippen LogP contribution is -2.43. The summed E-state index contributed by atoms with van der Waals surface area (Å²) < 4.78 is 5.73. The maximum absolute atomic E-state index is 11.2.